The molecule has 5 rings (SSSR count). The Morgan fingerprint density at radius 1 is 1.22 bits per heavy atom. The minimum Gasteiger partial charge on any atom is -0.467 e. The van der Waals surface area contributed by atoms with Crippen LogP contribution in [0.4, 0.5) is 19.0 Å². The van der Waals surface area contributed by atoms with E-state index in [1.54, 1.807) is 47.0 Å². The monoisotopic (exact) mass is 480 g/mol. The molecule has 0 radical (unpaired) electrons. The van der Waals surface area contributed by atoms with E-state index in [1.807, 2.05) is 0 Å². The molecule has 0 unspecified atom stereocenters. The van der Waals surface area contributed by atoms with Crippen LogP contribution in [0.2, 0.25) is 5.02 Å². The van der Waals surface area contributed by atoms with Crippen molar-refractivity contribution in [2.75, 3.05) is 5.32 Å². The molecule has 7 nitrogen and oxygen atoms in total. The molecule has 0 fully saturated rings. The second-order valence-corrected chi connectivity index (χ2v) is 8.24. The zero-order chi connectivity index (χ0) is 22.5. The van der Waals surface area contributed by atoms with Gasteiger partial charge in [-0.05, 0) is 42.0 Å². The molecule has 0 spiro atoms. The van der Waals surface area contributed by atoms with Gasteiger partial charge in [0.2, 0.25) is 0 Å². The van der Waals surface area contributed by atoms with Crippen LogP contribution in [0.3, 0.4) is 0 Å². The molecule has 2 atom stereocenters. The third kappa shape index (κ3) is 3.82. The predicted molar refractivity (Wildman–Crippen MR) is 114 cm³/mol. The van der Waals surface area contributed by atoms with Gasteiger partial charge in [-0.3, -0.25) is 9.67 Å². The summed E-state index contributed by atoms with van der Waals surface area (Å²) in [6.07, 6.45) is -3.16. The Kier molecular flexibility index (Phi) is 5.09. The topological polar surface area (TPSA) is 76.6 Å². The maximum atomic E-state index is 14.0. The van der Waals surface area contributed by atoms with Crippen molar-refractivity contribution in [3.63, 3.8) is 0 Å². The van der Waals surface area contributed by atoms with E-state index in [0.717, 1.165) is 4.68 Å². The van der Waals surface area contributed by atoms with Crippen LogP contribution in [0.1, 0.15) is 29.8 Å². The van der Waals surface area contributed by atoms with E-state index in [0.29, 0.717) is 26.9 Å². The molecule has 1 aromatic carbocycles. The quantitative estimate of drug-likeness (QED) is 0.363. The number of fused-ring (bicyclic) bond motifs is 1. The third-order valence-corrected chi connectivity index (χ3v) is 5.91. The Labute approximate surface area is 189 Å². The summed E-state index contributed by atoms with van der Waals surface area (Å²) in [5.74, 6) is 1.19. The van der Waals surface area contributed by atoms with Gasteiger partial charge in [0.25, 0.3) is 0 Å². The molecule has 4 aromatic rings. The first-order valence-corrected chi connectivity index (χ1v) is 10.4. The number of aromatic amines is 1. The molecule has 0 aliphatic carbocycles. The summed E-state index contributed by atoms with van der Waals surface area (Å²) in [6, 6.07) is 9.45. The molecular formula is C20H16ClF3N6OS. The summed E-state index contributed by atoms with van der Waals surface area (Å²) < 4.78 is 50.1. The summed E-state index contributed by atoms with van der Waals surface area (Å²) in [5, 5.41) is 14.8. The lowest BCUT2D eigenvalue weighted by Gasteiger charge is -2.33. The first kappa shape index (κ1) is 20.8. The highest BCUT2D eigenvalue weighted by Gasteiger charge is 2.46. The van der Waals surface area contributed by atoms with Crippen molar-refractivity contribution in [3.05, 3.63) is 69.8 Å². The highest BCUT2D eigenvalue weighted by Crippen LogP contribution is 2.44. The van der Waals surface area contributed by atoms with E-state index in [2.05, 4.69) is 20.6 Å². The van der Waals surface area contributed by atoms with Crippen molar-refractivity contribution in [2.24, 2.45) is 0 Å². The summed E-state index contributed by atoms with van der Waals surface area (Å²) in [6.45, 7) is 0.267. The minimum atomic E-state index is -4.48. The molecule has 1 aliphatic rings. The number of nitrogens with one attached hydrogen (secondary N) is 2. The van der Waals surface area contributed by atoms with Crippen LogP contribution < -0.4 is 5.32 Å². The first-order chi connectivity index (χ1) is 15.3. The predicted octanol–water partition coefficient (Wildman–Crippen LogP) is 5.76. The number of alkyl halides is 3. The fraction of sp³-hybridized carbons (Fsp3) is 0.250. The zero-order valence-electron chi connectivity index (χ0n) is 16.3. The Morgan fingerprint density at radius 2 is 2.00 bits per heavy atom. The van der Waals surface area contributed by atoms with Gasteiger partial charge in [0.05, 0.1) is 18.8 Å². The largest absolute Gasteiger partial charge is 0.467 e. The van der Waals surface area contributed by atoms with Gasteiger partial charge < -0.3 is 9.73 Å². The van der Waals surface area contributed by atoms with Crippen molar-refractivity contribution in [1.82, 2.24) is 24.5 Å². The fourth-order valence-corrected chi connectivity index (χ4v) is 4.14. The average Bonchev–Trinajstić information content (AvgIpc) is 3.48. The van der Waals surface area contributed by atoms with Crippen molar-refractivity contribution in [1.29, 1.82) is 0 Å². The molecule has 3 aromatic heterocycles. The Balaban J connectivity index is 1.54. The number of hydrogen-bond donors (Lipinski definition) is 2. The van der Waals surface area contributed by atoms with Crippen molar-refractivity contribution in [2.45, 2.75) is 31.2 Å². The van der Waals surface area contributed by atoms with Crippen LogP contribution in [-0.2, 0) is 6.54 Å². The smallest absolute Gasteiger partial charge is 0.410 e. The van der Waals surface area contributed by atoms with E-state index in [1.165, 1.54) is 6.26 Å². The molecule has 4 heterocycles. The maximum Gasteiger partial charge on any atom is 0.410 e. The number of anilines is 1. The molecule has 0 bridgehead atoms. The molecule has 32 heavy (non-hydrogen) atoms. The lowest BCUT2D eigenvalue weighted by molar-refractivity contribution is -0.173. The van der Waals surface area contributed by atoms with Crippen LogP contribution in [0.5, 0.6) is 0 Å². The third-order valence-electron chi connectivity index (χ3n) is 5.34. The number of H-pyrrole nitrogens is 1. The van der Waals surface area contributed by atoms with Gasteiger partial charge in [-0.25, -0.2) is 4.68 Å². The van der Waals surface area contributed by atoms with Crippen LogP contribution in [0.25, 0.3) is 11.5 Å². The van der Waals surface area contributed by atoms with Gasteiger partial charge in [0.1, 0.15) is 17.3 Å². The van der Waals surface area contributed by atoms with Gasteiger partial charge >= 0.3 is 6.18 Å². The average molecular weight is 481 g/mol. The summed E-state index contributed by atoms with van der Waals surface area (Å²) >= 11 is 11.2. The van der Waals surface area contributed by atoms with Gasteiger partial charge in [0.15, 0.2) is 16.6 Å². The lowest BCUT2D eigenvalue weighted by atomic mass is 9.97. The molecule has 0 saturated heterocycles. The Hall–Kier alpha value is -3.05. The van der Waals surface area contributed by atoms with Gasteiger partial charge in [-0.15, -0.1) is 0 Å². The van der Waals surface area contributed by atoms with E-state index < -0.39 is 18.3 Å². The van der Waals surface area contributed by atoms with Gasteiger partial charge in [0, 0.05) is 17.5 Å². The first-order valence-electron chi connectivity index (χ1n) is 9.66. The van der Waals surface area contributed by atoms with E-state index in [-0.39, 0.29) is 24.5 Å². The highest BCUT2D eigenvalue weighted by atomic mass is 35.5. The van der Waals surface area contributed by atoms with E-state index in [9.17, 15) is 13.2 Å². The number of benzene rings is 1. The summed E-state index contributed by atoms with van der Waals surface area (Å²) in [5.41, 5.74) is 0.968. The maximum absolute atomic E-state index is 14.0. The number of aromatic nitrogens is 5. The number of furan rings is 1. The Bertz CT molecular complexity index is 1290. The van der Waals surface area contributed by atoms with Crippen molar-refractivity contribution < 1.29 is 17.6 Å². The van der Waals surface area contributed by atoms with Crippen LogP contribution >= 0.6 is 23.8 Å². The molecule has 0 amide bonds. The van der Waals surface area contributed by atoms with Crippen molar-refractivity contribution in [3.8, 4) is 11.5 Å². The van der Waals surface area contributed by atoms with Crippen LogP contribution in [0.15, 0.2) is 53.1 Å². The molecular weight excluding hydrogens is 465 g/mol. The van der Waals surface area contributed by atoms with Gasteiger partial charge in [-0.2, -0.15) is 23.4 Å². The van der Waals surface area contributed by atoms with E-state index in [4.69, 9.17) is 28.2 Å². The molecule has 12 heteroatoms. The number of hydrogen-bond acceptors (Lipinski definition) is 5. The highest BCUT2D eigenvalue weighted by molar-refractivity contribution is 7.71. The fourth-order valence-electron chi connectivity index (χ4n) is 3.81. The molecule has 2 N–H and O–H groups in total. The normalized spacial score (nSPS) is 18.4. The van der Waals surface area contributed by atoms with Crippen LogP contribution in [-0.4, -0.2) is 30.7 Å². The van der Waals surface area contributed by atoms with Crippen molar-refractivity contribution >= 4 is 29.6 Å². The van der Waals surface area contributed by atoms with Crippen LogP contribution in [0, 0.1) is 4.77 Å². The standard InChI is InChI=1S/C20H16ClF3N6OS/c21-12-5-3-11(4-6-12)14-8-16(20(22,23)24)30-17(25-14)9-15(28-30)18-26-27-19(32)29(18)10-13-2-1-7-31-13/h1-7,9,14,16,25H,8,10H2,(H,27,32)/t14-,16-/m0/s1. The number of nitrogens with zero attached hydrogens (tertiary/aromatic N) is 4. The second kappa shape index (κ2) is 7.82. The molecule has 166 valence electrons. The second-order valence-electron chi connectivity index (χ2n) is 7.42. The zero-order valence-corrected chi connectivity index (χ0v) is 17.9. The molecule has 1 aliphatic heterocycles. The number of halogens is 4. The summed E-state index contributed by atoms with van der Waals surface area (Å²) in [7, 11) is 0. The minimum absolute atomic E-state index is 0.210. The lowest BCUT2D eigenvalue weighted by Crippen LogP contribution is -2.35. The number of rotatable bonds is 4. The molecule has 0 saturated carbocycles. The van der Waals surface area contributed by atoms with Gasteiger partial charge in [-0.1, -0.05) is 23.7 Å². The summed E-state index contributed by atoms with van der Waals surface area (Å²) in [4.78, 5) is 0. The Morgan fingerprint density at radius 3 is 2.69 bits per heavy atom. The SMILES string of the molecule is FC(F)(F)[C@@H]1C[C@@H](c2ccc(Cl)cc2)Nc2cc(-c3n[nH]c(=S)n3Cc3ccco3)nn21. The van der Waals surface area contributed by atoms with E-state index >= 15 is 0 Å².